The van der Waals surface area contributed by atoms with Gasteiger partial charge >= 0.3 is 0 Å². The molecule has 5 heteroatoms. The van der Waals surface area contributed by atoms with Crippen LogP contribution in [-0.2, 0) is 17.8 Å². The number of amides is 1. The maximum atomic E-state index is 13.6. The summed E-state index contributed by atoms with van der Waals surface area (Å²) in [4.78, 5) is 12.6. The van der Waals surface area contributed by atoms with Crippen LogP contribution in [-0.4, -0.2) is 5.91 Å². The fourth-order valence-electron chi connectivity index (χ4n) is 1.59. The van der Waals surface area contributed by atoms with Crippen molar-refractivity contribution in [2.45, 2.75) is 13.0 Å². The van der Waals surface area contributed by atoms with Crippen molar-refractivity contribution >= 4 is 17.2 Å². The molecule has 0 atom stereocenters. The molecule has 1 N–H and O–H groups in total. The number of carbonyl (C=O) groups excluding carboxylic acids is 1. The Bertz CT molecular complexity index is 617. The highest BCUT2D eigenvalue weighted by atomic mass is 32.1. The highest BCUT2D eigenvalue weighted by Gasteiger charge is 2.07. The van der Waals surface area contributed by atoms with Gasteiger partial charge in [0.25, 0.3) is 0 Å². The molecule has 1 amide bonds. The summed E-state index contributed by atoms with van der Waals surface area (Å²) in [6.07, 6.45) is 0.301. The average Bonchev–Trinajstić information content (AvgIpc) is 2.90. The second-order valence-corrected chi connectivity index (χ2v) is 4.98. The van der Waals surface area contributed by atoms with Gasteiger partial charge in [0.2, 0.25) is 5.91 Å². The van der Waals surface area contributed by atoms with Crippen LogP contribution in [0.2, 0.25) is 0 Å². The molecule has 1 aromatic heterocycles. The van der Waals surface area contributed by atoms with E-state index in [1.165, 1.54) is 29.5 Å². The molecular formula is C14H11FN2OS. The lowest BCUT2D eigenvalue weighted by atomic mass is 10.1. The molecule has 0 saturated carbocycles. The van der Waals surface area contributed by atoms with Crippen LogP contribution in [0.4, 0.5) is 4.39 Å². The second-order valence-electron chi connectivity index (χ2n) is 3.95. The maximum Gasteiger partial charge on any atom is 0.225 e. The van der Waals surface area contributed by atoms with Crippen molar-refractivity contribution in [1.29, 1.82) is 5.26 Å². The van der Waals surface area contributed by atoms with Gasteiger partial charge in [0.15, 0.2) is 0 Å². The SMILES string of the molecule is N#Cc1ccc(CNC(=O)Cc2cccs2)c(F)c1. The topological polar surface area (TPSA) is 52.9 Å². The molecule has 0 radical (unpaired) electrons. The predicted molar refractivity (Wildman–Crippen MR) is 71.0 cm³/mol. The van der Waals surface area contributed by atoms with E-state index in [4.69, 9.17) is 5.26 Å². The van der Waals surface area contributed by atoms with Gasteiger partial charge in [-0.05, 0) is 23.6 Å². The van der Waals surface area contributed by atoms with Crippen LogP contribution in [0.5, 0.6) is 0 Å². The third-order valence-electron chi connectivity index (χ3n) is 2.57. The number of hydrogen-bond donors (Lipinski definition) is 1. The molecule has 0 bridgehead atoms. The van der Waals surface area contributed by atoms with Gasteiger partial charge in [-0.15, -0.1) is 11.3 Å². The number of thiophene rings is 1. The molecule has 0 spiro atoms. The van der Waals surface area contributed by atoms with Crippen LogP contribution in [0.15, 0.2) is 35.7 Å². The van der Waals surface area contributed by atoms with Crippen molar-refractivity contribution in [3.8, 4) is 6.07 Å². The first kappa shape index (κ1) is 13.2. The van der Waals surface area contributed by atoms with Crippen molar-refractivity contribution in [2.75, 3.05) is 0 Å². The minimum atomic E-state index is -0.476. The summed E-state index contributed by atoms with van der Waals surface area (Å²) in [5, 5.41) is 13.2. The number of nitriles is 1. The summed E-state index contributed by atoms with van der Waals surface area (Å²) in [7, 11) is 0. The monoisotopic (exact) mass is 274 g/mol. The van der Waals surface area contributed by atoms with Crippen LogP contribution >= 0.6 is 11.3 Å². The van der Waals surface area contributed by atoms with Crippen LogP contribution in [0.1, 0.15) is 16.0 Å². The molecular weight excluding hydrogens is 263 g/mol. The Morgan fingerprint density at radius 2 is 2.26 bits per heavy atom. The van der Waals surface area contributed by atoms with Gasteiger partial charge in [0.1, 0.15) is 5.82 Å². The third-order valence-corrected chi connectivity index (χ3v) is 3.45. The van der Waals surface area contributed by atoms with Crippen LogP contribution in [0.3, 0.4) is 0 Å². The Morgan fingerprint density at radius 3 is 2.89 bits per heavy atom. The summed E-state index contributed by atoms with van der Waals surface area (Å²) >= 11 is 1.51. The van der Waals surface area contributed by atoms with Crippen molar-refractivity contribution in [3.05, 3.63) is 57.5 Å². The zero-order chi connectivity index (χ0) is 13.7. The summed E-state index contributed by atoms with van der Waals surface area (Å²) in [5.41, 5.74) is 0.643. The van der Waals surface area contributed by atoms with Crippen LogP contribution < -0.4 is 5.32 Å². The second kappa shape index (κ2) is 6.12. The van der Waals surface area contributed by atoms with Crippen molar-refractivity contribution < 1.29 is 9.18 Å². The third kappa shape index (κ3) is 3.63. The van der Waals surface area contributed by atoms with E-state index in [0.29, 0.717) is 12.0 Å². The van der Waals surface area contributed by atoms with Gasteiger partial charge < -0.3 is 5.32 Å². The van der Waals surface area contributed by atoms with Crippen molar-refractivity contribution in [3.63, 3.8) is 0 Å². The fraction of sp³-hybridized carbons (Fsp3) is 0.143. The molecule has 2 aromatic rings. The van der Waals surface area contributed by atoms with Gasteiger partial charge in [-0.25, -0.2) is 4.39 Å². The number of rotatable bonds is 4. The smallest absolute Gasteiger partial charge is 0.225 e. The maximum absolute atomic E-state index is 13.6. The highest BCUT2D eigenvalue weighted by molar-refractivity contribution is 7.10. The minimum absolute atomic E-state index is 0.127. The van der Waals surface area contributed by atoms with E-state index in [1.54, 1.807) is 0 Å². The highest BCUT2D eigenvalue weighted by Crippen LogP contribution is 2.11. The van der Waals surface area contributed by atoms with Gasteiger partial charge in [0, 0.05) is 17.0 Å². The van der Waals surface area contributed by atoms with E-state index in [-0.39, 0.29) is 18.0 Å². The van der Waals surface area contributed by atoms with Gasteiger partial charge in [0.05, 0.1) is 18.1 Å². The van der Waals surface area contributed by atoms with E-state index in [0.717, 1.165) is 4.88 Å². The van der Waals surface area contributed by atoms with E-state index < -0.39 is 5.82 Å². The minimum Gasteiger partial charge on any atom is -0.352 e. The fourth-order valence-corrected chi connectivity index (χ4v) is 2.29. The molecule has 0 saturated heterocycles. The number of nitrogens with zero attached hydrogens (tertiary/aromatic N) is 1. The molecule has 0 aliphatic rings. The molecule has 0 aliphatic heterocycles. The molecule has 1 heterocycles. The van der Waals surface area contributed by atoms with E-state index >= 15 is 0 Å². The van der Waals surface area contributed by atoms with E-state index in [9.17, 15) is 9.18 Å². The van der Waals surface area contributed by atoms with E-state index in [2.05, 4.69) is 5.32 Å². The van der Waals surface area contributed by atoms with Crippen molar-refractivity contribution in [2.24, 2.45) is 0 Å². The molecule has 0 unspecified atom stereocenters. The molecule has 19 heavy (non-hydrogen) atoms. The number of halogens is 1. The lowest BCUT2D eigenvalue weighted by Crippen LogP contribution is -2.24. The van der Waals surface area contributed by atoms with Crippen molar-refractivity contribution in [1.82, 2.24) is 5.32 Å². The molecule has 1 aromatic carbocycles. The largest absolute Gasteiger partial charge is 0.352 e. The number of benzene rings is 1. The lowest BCUT2D eigenvalue weighted by molar-refractivity contribution is -0.120. The zero-order valence-corrected chi connectivity index (χ0v) is 10.8. The van der Waals surface area contributed by atoms with E-state index in [1.807, 2.05) is 23.6 Å². The standard InChI is InChI=1S/C14H11FN2OS/c15-13-6-10(8-16)3-4-11(13)9-17-14(18)7-12-2-1-5-19-12/h1-6H,7,9H2,(H,17,18). The Labute approximate surface area is 114 Å². The Kier molecular flexibility index (Phi) is 4.26. The number of hydrogen-bond acceptors (Lipinski definition) is 3. The summed E-state index contributed by atoms with van der Waals surface area (Å²) < 4.78 is 13.6. The normalized spacial score (nSPS) is 9.89. The first-order valence-corrected chi connectivity index (χ1v) is 6.54. The Balaban J connectivity index is 1.92. The van der Waals surface area contributed by atoms with Gasteiger partial charge in [-0.3, -0.25) is 4.79 Å². The first-order valence-electron chi connectivity index (χ1n) is 5.66. The molecule has 0 fully saturated rings. The van der Waals surface area contributed by atoms with Crippen LogP contribution in [0.25, 0.3) is 0 Å². The molecule has 96 valence electrons. The summed E-state index contributed by atoms with van der Waals surface area (Å²) in [6.45, 7) is 0.127. The number of nitrogens with one attached hydrogen (secondary N) is 1. The van der Waals surface area contributed by atoms with Gasteiger partial charge in [-0.2, -0.15) is 5.26 Å². The first-order chi connectivity index (χ1) is 9.19. The summed E-state index contributed by atoms with van der Waals surface area (Å²) in [5.74, 6) is -0.623. The molecule has 2 rings (SSSR count). The lowest BCUT2D eigenvalue weighted by Gasteiger charge is -2.06. The Hall–Kier alpha value is -2.19. The zero-order valence-electron chi connectivity index (χ0n) is 10.0. The number of carbonyl (C=O) groups is 1. The molecule has 0 aliphatic carbocycles. The molecule has 3 nitrogen and oxygen atoms in total. The average molecular weight is 274 g/mol. The predicted octanol–water partition coefficient (Wildman–Crippen LogP) is 2.62. The quantitative estimate of drug-likeness (QED) is 0.931. The summed E-state index contributed by atoms with van der Waals surface area (Å²) in [6, 6.07) is 9.84. The van der Waals surface area contributed by atoms with Gasteiger partial charge in [-0.1, -0.05) is 12.1 Å². The Morgan fingerprint density at radius 1 is 1.42 bits per heavy atom. The van der Waals surface area contributed by atoms with Crippen LogP contribution in [0, 0.1) is 17.1 Å².